The summed E-state index contributed by atoms with van der Waals surface area (Å²) in [6, 6.07) is 5.38. The first kappa shape index (κ1) is 14.7. The molecule has 0 unspecified atom stereocenters. The van der Waals surface area contributed by atoms with Crippen molar-refractivity contribution in [3.05, 3.63) is 18.2 Å². The van der Waals surface area contributed by atoms with Crippen LogP contribution >= 0.6 is 0 Å². The fraction of sp³-hybridized carbons (Fsp3) is 0.533. The molecule has 1 aromatic rings. The van der Waals surface area contributed by atoms with Gasteiger partial charge in [-0.05, 0) is 31.4 Å². The molecule has 1 saturated heterocycles. The number of piperidine rings is 1. The van der Waals surface area contributed by atoms with Gasteiger partial charge in [0, 0.05) is 6.07 Å². The second kappa shape index (κ2) is 7.14. The van der Waals surface area contributed by atoms with Gasteiger partial charge in [-0.2, -0.15) is 0 Å². The lowest BCUT2D eigenvalue weighted by Gasteiger charge is -2.23. The molecule has 0 aliphatic carbocycles. The van der Waals surface area contributed by atoms with E-state index in [-0.39, 0.29) is 5.91 Å². The molecule has 1 aliphatic rings. The molecule has 2 N–H and O–H groups in total. The number of methoxy groups -OCH3 is 2. The Morgan fingerprint density at radius 3 is 2.60 bits per heavy atom. The summed E-state index contributed by atoms with van der Waals surface area (Å²) < 4.78 is 10.4. The largest absolute Gasteiger partial charge is 0.497 e. The summed E-state index contributed by atoms with van der Waals surface area (Å²) in [4.78, 5) is 13.5. The van der Waals surface area contributed by atoms with Gasteiger partial charge in [0.2, 0.25) is 0 Å². The molecule has 20 heavy (non-hydrogen) atoms. The molecule has 2 rings (SSSR count). The van der Waals surface area contributed by atoms with E-state index in [9.17, 15) is 4.79 Å². The summed E-state index contributed by atoms with van der Waals surface area (Å²) in [5.41, 5.74) is 0.660. The molecule has 1 aromatic carbocycles. The number of hydrogen-bond donors (Lipinski definition) is 2. The minimum Gasteiger partial charge on any atom is -0.497 e. The van der Waals surface area contributed by atoms with Crippen molar-refractivity contribution in [1.82, 2.24) is 0 Å². The van der Waals surface area contributed by atoms with Crippen LogP contribution in [-0.4, -0.2) is 39.8 Å². The number of nitrogens with one attached hydrogen (secondary N) is 2. The third-order valence-corrected chi connectivity index (χ3v) is 3.65. The van der Waals surface area contributed by atoms with Crippen LogP contribution in [0.15, 0.2) is 18.2 Å². The van der Waals surface area contributed by atoms with Crippen LogP contribution in [0.4, 0.5) is 5.69 Å². The van der Waals surface area contributed by atoms with E-state index in [0.29, 0.717) is 23.7 Å². The fourth-order valence-corrected chi connectivity index (χ4v) is 2.56. The van der Waals surface area contributed by atoms with Crippen LogP contribution in [0.2, 0.25) is 0 Å². The maximum atomic E-state index is 12.1. The zero-order valence-corrected chi connectivity index (χ0v) is 12.2. The molecule has 1 fully saturated rings. The molecule has 1 amide bonds. The zero-order valence-electron chi connectivity index (χ0n) is 12.2. The Hall–Kier alpha value is -1.75. The molecule has 0 spiro atoms. The summed E-state index contributed by atoms with van der Waals surface area (Å²) in [5, 5.41) is 2.92. The maximum Gasteiger partial charge on any atom is 0.279 e. The standard InChI is InChI=1S/C15H22N2O3/c1-19-12-6-7-14(20-2)13(10-12)16-15(18)11-17-8-4-3-5-9-17/h6-7,10H,3-5,8-9,11H2,1-2H3,(H,16,18)/p+1. The number of hydrogen-bond acceptors (Lipinski definition) is 3. The highest BCUT2D eigenvalue weighted by molar-refractivity contribution is 5.93. The predicted molar refractivity (Wildman–Crippen MR) is 77.6 cm³/mol. The number of anilines is 1. The number of likely N-dealkylation sites (tertiary alicyclic amines) is 1. The first-order valence-corrected chi connectivity index (χ1v) is 7.08. The zero-order chi connectivity index (χ0) is 14.4. The van der Waals surface area contributed by atoms with Crippen molar-refractivity contribution < 1.29 is 19.2 Å². The first-order chi connectivity index (χ1) is 9.72. The average molecular weight is 279 g/mol. The Kier molecular flexibility index (Phi) is 5.24. The van der Waals surface area contributed by atoms with Gasteiger partial charge in [0.25, 0.3) is 5.91 Å². The van der Waals surface area contributed by atoms with Crippen LogP contribution in [0.1, 0.15) is 19.3 Å². The van der Waals surface area contributed by atoms with Gasteiger partial charge in [0.1, 0.15) is 11.5 Å². The Morgan fingerprint density at radius 2 is 1.95 bits per heavy atom. The molecule has 0 aromatic heterocycles. The number of amides is 1. The van der Waals surface area contributed by atoms with Crippen molar-refractivity contribution >= 4 is 11.6 Å². The lowest BCUT2D eigenvalue weighted by atomic mass is 10.1. The fourth-order valence-electron chi connectivity index (χ4n) is 2.56. The molecular weight excluding hydrogens is 256 g/mol. The molecule has 0 radical (unpaired) electrons. The van der Waals surface area contributed by atoms with Crippen molar-refractivity contribution in [2.24, 2.45) is 0 Å². The quantitative estimate of drug-likeness (QED) is 0.835. The van der Waals surface area contributed by atoms with Crippen LogP contribution in [-0.2, 0) is 4.79 Å². The minimum absolute atomic E-state index is 0.0217. The van der Waals surface area contributed by atoms with Gasteiger partial charge >= 0.3 is 0 Å². The van der Waals surface area contributed by atoms with E-state index in [0.717, 1.165) is 13.1 Å². The van der Waals surface area contributed by atoms with Gasteiger partial charge in [-0.15, -0.1) is 0 Å². The van der Waals surface area contributed by atoms with Gasteiger partial charge < -0.3 is 19.7 Å². The maximum absolute atomic E-state index is 12.1. The third kappa shape index (κ3) is 3.87. The smallest absolute Gasteiger partial charge is 0.279 e. The second-order valence-corrected chi connectivity index (χ2v) is 5.10. The van der Waals surface area contributed by atoms with E-state index in [1.54, 1.807) is 26.4 Å². The lowest BCUT2D eigenvalue weighted by molar-refractivity contribution is -0.896. The highest BCUT2D eigenvalue weighted by Crippen LogP contribution is 2.28. The van der Waals surface area contributed by atoms with Crippen LogP contribution in [0.25, 0.3) is 0 Å². The van der Waals surface area contributed by atoms with E-state index >= 15 is 0 Å². The highest BCUT2D eigenvalue weighted by Gasteiger charge is 2.18. The Morgan fingerprint density at radius 1 is 1.20 bits per heavy atom. The highest BCUT2D eigenvalue weighted by atomic mass is 16.5. The molecule has 110 valence electrons. The van der Waals surface area contributed by atoms with Gasteiger partial charge in [0.05, 0.1) is 33.0 Å². The molecule has 1 heterocycles. The summed E-state index contributed by atoms with van der Waals surface area (Å²) in [6.07, 6.45) is 3.71. The van der Waals surface area contributed by atoms with Gasteiger partial charge in [0.15, 0.2) is 6.54 Å². The number of ether oxygens (including phenoxy) is 2. The Labute approximate surface area is 119 Å². The van der Waals surface area contributed by atoms with E-state index in [4.69, 9.17) is 9.47 Å². The number of rotatable bonds is 5. The van der Waals surface area contributed by atoms with Gasteiger partial charge in [-0.3, -0.25) is 4.79 Å². The Balaban J connectivity index is 1.98. The topological polar surface area (TPSA) is 52.0 Å². The predicted octanol–water partition coefficient (Wildman–Crippen LogP) is 0.711. The monoisotopic (exact) mass is 279 g/mol. The molecule has 0 atom stereocenters. The van der Waals surface area contributed by atoms with Crippen LogP contribution in [0, 0.1) is 0 Å². The summed E-state index contributed by atoms with van der Waals surface area (Å²) in [7, 11) is 3.19. The molecular formula is C15H23N2O3+. The van der Waals surface area contributed by atoms with E-state index in [1.807, 2.05) is 6.07 Å². The van der Waals surface area contributed by atoms with Gasteiger partial charge in [-0.25, -0.2) is 0 Å². The second-order valence-electron chi connectivity index (χ2n) is 5.10. The third-order valence-electron chi connectivity index (χ3n) is 3.65. The van der Waals surface area contributed by atoms with E-state index in [2.05, 4.69) is 5.32 Å². The van der Waals surface area contributed by atoms with Crippen LogP contribution in [0.5, 0.6) is 11.5 Å². The normalized spacial score (nSPS) is 15.7. The molecule has 5 nitrogen and oxygen atoms in total. The van der Waals surface area contributed by atoms with Crippen molar-refractivity contribution in [2.45, 2.75) is 19.3 Å². The summed E-state index contributed by atoms with van der Waals surface area (Å²) >= 11 is 0. The number of carbonyl (C=O) groups excluding carboxylic acids is 1. The Bertz CT molecular complexity index is 456. The minimum atomic E-state index is 0.0217. The van der Waals surface area contributed by atoms with Crippen LogP contribution in [0.3, 0.4) is 0 Å². The molecule has 0 saturated carbocycles. The average Bonchev–Trinajstić information content (AvgIpc) is 2.48. The van der Waals surface area contributed by atoms with E-state index in [1.165, 1.54) is 24.2 Å². The summed E-state index contributed by atoms with van der Waals surface area (Å²) in [6.45, 7) is 2.69. The lowest BCUT2D eigenvalue weighted by Crippen LogP contribution is -3.13. The molecule has 1 aliphatic heterocycles. The summed E-state index contributed by atoms with van der Waals surface area (Å²) in [5.74, 6) is 1.37. The molecule has 0 bridgehead atoms. The number of quaternary nitrogens is 1. The molecule has 5 heteroatoms. The van der Waals surface area contributed by atoms with Crippen molar-refractivity contribution in [1.29, 1.82) is 0 Å². The SMILES string of the molecule is COc1ccc(OC)c(NC(=O)C[NH+]2CCCCC2)c1. The van der Waals surface area contributed by atoms with Crippen molar-refractivity contribution in [2.75, 3.05) is 39.2 Å². The van der Waals surface area contributed by atoms with E-state index < -0.39 is 0 Å². The van der Waals surface area contributed by atoms with Gasteiger partial charge in [-0.1, -0.05) is 0 Å². The van der Waals surface area contributed by atoms with Crippen molar-refractivity contribution in [3.8, 4) is 11.5 Å². The van der Waals surface area contributed by atoms with Crippen LogP contribution < -0.4 is 19.7 Å². The first-order valence-electron chi connectivity index (χ1n) is 7.08. The number of benzene rings is 1. The van der Waals surface area contributed by atoms with Crippen molar-refractivity contribution in [3.63, 3.8) is 0 Å². The number of carbonyl (C=O) groups is 1.